The van der Waals surface area contributed by atoms with Crippen molar-refractivity contribution in [2.24, 2.45) is 35.0 Å². The van der Waals surface area contributed by atoms with Crippen molar-refractivity contribution < 1.29 is 39.4 Å². The first-order chi connectivity index (χ1) is 20.4. The summed E-state index contributed by atoms with van der Waals surface area (Å²) in [4.78, 5) is 14.6. The molecule has 3 heterocycles. The molecule has 0 amide bonds. The second-order valence-electron chi connectivity index (χ2n) is 15.5. The lowest BCUT2D eigenvalue weighted by Gasteiger charge is -2.49. The van der Waals surface area contributed by atoms with E-state index in [0.717, 1.165) is 44.2 Å². The summed E-state index contributed by atoms with van der Waals surface area (Å²) in [5.41, 5.74) is 2.74. The van der Waals surface area contributed by atoms with E-state index in [4.69, 9.17) is 14.2 Å². The van der Waals surface area contributed by atoms with Crippen LogP contribution in [0.15, 0.2) is 22.8 Å². The van der Waals surface area contributed by atoms with Gasteiger partial charge in [-0.05, 0) is 94.1 Å². The van der Waals surface area contributed by atoms with Crippen LogP contribution in [0.4, 0.5) is 0 Å². The normalized spacial score (nSPS) is 54.6. The Morgan fingerprint density at radius 2 is 1.86 bits per heavy atom. The van der Waals surface area contributed by atoms with Gasteiger partial charge in [0.2, 0.25) is 0 Å². The SMILES string of the molecule is CC1=C2C(=O)C3C(CC=C4CC(OC5OC(CO)C(O)C(O)C5O)CCC43C)C2CCC12OC1CC(C)CNC1(C)C2C. The van der Waals surface area contributed by atoms with Gasteiger partial charge in [0.1, 0.15) is 24.4 Å². The summed E-state index contributed by atoms with van der Waals surface area (Å²) in [7, 11) is 0. The fraction of sp³-hybridized carbons (Fsp3) is 0.853. The molecule has 4 aliphatic carbocycles. The summed E-state index contributed by atoms with van der Waals surface area (Å²) in [5, 5.41) is 44.3. The van der Waals surface area contributed by atoms with Gasteiger partial charge in [-0.25, -0.2) is 0 Å². The zero-order chi connectivity index (χ0) is 30.6. The number of carbonyl (C=O) groups is 1. The van der Waals surface area contributed by atoms with Crippen molar-refractivity contribution in [3.05, 3.63) is 22.8 Å². The molecular weight excluding hydrogens is 550 g/mol. The molecule has 9 nitrogen and oxygen atoms in total. The topological polar surface area (TPSA) is 138 Å². The lowest BCUT2D eigenvalue weighted by Crippen LogP contribution is -2.60. The van der Waals surface area contributed by atoms with Crippen LogP contribution in [-0.4, -0.2) is 93.4 Å². The average Bonchev–Trinajstić information content (AvgIpc) is 3.40. The predicted molar refractivity (Wildman–Crippen MR) is 158 cm³/mol. The number of hydrogen-bond donors (Lipinski definition) is 5. The highest BCUT2D eigenvalue weighted by Crippen LogP contribution is 2.64. The van der Waals surface area contributed by atoms with Crippen LogP contribution in [0.3, 0.4) is 0 Å². The Kier molecular flexibility index (Phi) is 7.39. The van der Waals surface area contributed by atoms with Crippen LogP contribution in [0.5, 0.6) is 0 Å². The fourth-order valence-electron chi connectivity index (χ4n) is 10.6. The second-order valence-corrected chi connectivity index (χ2v) is 15.5. The third-order valence-electron chi connectivity index (χ3n) is 13.5. The standard InChI is InChI=1S/C34H51NO8/c1-16-12-24-33(5,35-14-16)18(3)34(43-24)11-9-21-22-7-6-19-13-20(41-31-30(40)29(39)27(37)23(15-36)42-31)8-10-32(19,4)26(22)28(38)25(21)17(34)2/h6,16,18,20-24,26-27,29-31,35-37,39-40H,7-15H2,1-5H3. The van der Waals surface area contributed by atoms with Crippen molar-refractivity contribution in [1.29, 1.82) is 0 Å². The molecule has 15 atom stereocenters. The van der Waals surface area contributed by atoms with Gasteiger partial charge in [0.15, 0.2) is 12.1 Å². The molecule has 240 valence electrons. The first kappa shape index (κ1) is 30.5. The van der Waals surface area contributed by atoms with Crippen molar-refractivity contribution in [1.82, 2.24) is 5.32 Å². The van der Waals surface area contributed by atoms with Gasteiger partial charge >= 0.3 is 0 Å². The maximum Gasteiger partial charge on any atom is 0.186 e. The summed E-state index contributed by atoms with van der Waals surface area (Å²) in [6.45, 7) is 11.9. The lowest BCUT2D eigenvalue weighted by molar-refractivity contribution is -0.312. The third kappa shape index (κ3) is 4.22. The van der Waals surface area contributed by atoms with Gasteiger partial charge in [-0.15, -0.1) is 0 Å². The molecule has 3 saturated heterocycles. The number of carbonyl (C=O) groups excluding carboxylic acids is 1. The summed E-state index contributed by atoms with van der Waals surface area (Å²) in [6, 6.07) is 0. The summed E-state index contributed by atoms with van der Waals surface area (Å²) < 4.78 is 18.9. The molecule has 0 aromatic carbocycles. The van der Waals surface area contributed by atoms with Crippen molar-refractivity contribution in [3.63, 3.8) is 0 Å². The van der Waals surface area contributed by atoms with E-state index < -0.39 is 37.3 Å². The average molecular weight is 602 g/mol. The van der Waals surface area contributed by atoms with E-state index >= 15 is 0 Å². The zero-order valence-electron chi connectivity index (χ0n) is 26.3. The maximum absolute atomic E-state index is 14.6. The van der Waals surface area contributed by atoms with Crippen molar-refractivity contribution in [3.8, 4) is 0 Å². The van der Waals surface area contributed by atoms with Gasteiger partial charge in [0.05, 0.1) is 24.4 Å². The van der Waals surface area contributed by atoms with Crippen LogP contribution < -0.4 is 5.32 Å². The van der Waals surface area contributed by atoms with Gasteiger partial charge in [0, 0.05) is 22.9 Å². The summed E-state index contributed by atoms with van der Waals surface area (Å²) in [6.07, 6.45) is 1.80. The Bertz CT molecular complexity index is 1220. The molecule has 3 aliphatic heterocycles. The number of piperidine rings is 1. The Morgan fingerprint density at radius 3 is 2.60 bits per heavy atom. The van der Waals surface area contributed by atoms with Crippen LogP contribution in [0.2, 0.25) is 0 Å². The number of ether oxygens (including phenoxy) is 3. The summed E-state index contributed by atoms with van der Waals surface area (Å²) >= 11 is 0. The molecule has 9 heteroatoms. The van der Waals surface area contributed by atoms with E-state index in [-0.39, 0.29) is 46.5 Å². The van der Waals surface area contributed by atoms with Crippen LogP contribution in [0.25, 0.3) is 0 Å². The smallest absolute Gasteiger partial charge is 0.186 e. The molecule has 0 radical (unpaired) electrons. The quantitative estimate of drug-likeness (QED) is 0.309. The van der Waals surface area contributed by atoms with Gasteiger partial charge in [-0.2, -0.15) is 0 Å². The molecular formula is C34H51NO8. The highest BCUT2D eigenvalue weighted by molar-refractivity contribution is 6.02. The highest BCUT2D eigenvalue weighted by atomic mass is 16.7. The zero-order valence-corrected chi connectivity index (χ0v) is 26.3. The largest absolute Gasteiger partial charge is 0.394 e. The van der Waals surface area contributed by atoms with Crippen molar-refractivity contribution in [2.75, 3.05) is 13.2 Å². The molecule has 1 spiro atoms. The molecule has 15 unspecified atom stereocenters. The molecule has 7 rings (SSSR count). The van der Waals surface area contributed by atoms with Crippen LogP contribution in [0, 0.1) is 35.0 Å². The first-order valence-corrected chi connectivity index (χ1v) is 16.7. The Balaban J connectivity index is 1.12. The number of nitrogens with one attached hydrogen (secondary N) is 1. The van der Waals surface area contributed by atoms with Crippen LogP contribution >= 0.6 is 0 Å². The predicted octanol–water partition coefficient (Wildman–Crippen LogP) is 2.40. The number of aliphatic hydroxyl groups excluding tert-OH is 4. The Hall–Kier alpha value is -1.17. The van der Waals surface area contributed by atoms with Crippen LogP contribution in [-0.2, 0) is 19.0 Å². The Morgan fingerprint density at radius 1 is 1.09 bits per heavy atom. The molecule has 0 bridgehead atoms. The van der Waals surface area contributed by atoms with E-state index in [2.05, 4.69) is 46.0 Å². The number of hydrogen-bond acceptors (Lipinski definition) is 9. The number of ketones is 1. The van der Waals surface area contributed by atoms with Gasteiger partial charge < -0.3 is 40.0 Å². The maximum atomic E-state index is 14.6. The molecule has 0 aromatic rings. The van der Waals surface area contributed by atoms with Gasteiger partial charge in [0.25, 0.3) is 0 Å². The molecule has 0 aromatic heterocycles. The van der Waals surface area contributed by atoms with Crippen LogP contribution in [0.1, 0.15) is 79.6 Å². The van der Waals surface area contributed by atoms with E-state index in [1.807, 2.05) is 0 Å². The van der Waals surface area contributed by atoms with E-state index in [1.54, 1.807) is 0 Å². The summed E-state index contributed by atoms with van der Waals surface area (Å²) in [5.74, 6) is 1.70. The third-order valence-corrected chi connectivity index (χ3v) is 13.5. The monoisotopic (exact) mass is 601 g/mol. The van der Waals surface area contributed by atoms with E-state index in [1.165, 1.54) is 11.1 Å². The molecule has 2 saturated carbocycles. The molecule has 5 fully saturated rings. The molecule has 7 aliphatic rings. The number of Topliss-reactive ketones (excluding diaryl/α,β-unsaturated/α-hetero) is 1. The number of fused-ring (bicyclic) bond motifs is 6. The second kappa shape index (κ2) is 10.4. The Labute approximate surface area is 255 Å². The van der Waals surface area contributed by atoms with Crippen molar-refractivity contribution in [2.45, 2.75) is 134 Å². The number of aliphatic hydroxyl groups is 4. The first-order valence-electron chi connectivity index (χ1n) is 16.7. The minimum absolute atomic E-state index is 0.0569. The molecule has 43 heavy (non-hydrogen) atoms. The van der Waals surface area contributed by atoms with Gasteiger partial charge in [-0.3, -0.25) is 4.79 Å². The minimum atomic E-state index is -1.46. The van der Waals surface area contributed by atoms with Gasteiger partial charge in [-0.1, -0.05) is 32.4 Å². The van der Waals surface area contributed by atoms with E-state index in [9.17, 15) is 25.2 Å². The fourth-order valence-corrected chi connectivity index (χ4v) is 10.6. The highest BCUT2D eigenvalue weighted by Gasteiger charge is 2.66. The lowest BCUT2D eigenvalue weighted by atomic mass is 9.56. The number of allylic oxidation sites excluding steroid dienone is 2. The molecule has 5 N–H and O–H groups in total. The van der Waals surface area contributed by atoms with Crippen molar-refractivity contribution >= 4 is 5.78 Å². The minimum Gasteiger partial charge on any atom is -0.394 e. The van der Waals surface area contributed by atoms with E-state index in [0.29, 0.717) is 30.5 Å². The number of rotatable bonds is 3.